The Morgan fingerprint density at radius 2 is 0.860 bits per heavy atom. The molecule has 3 aromatic rings. The molecule has 0 atom stereocenters. The maximum atomic E-state index is 12.8. The van der Waals surface area contributed by atoms with Crippen molar-refractivity contribution in [1.29, 1.82) is 0 Å². The van der Waals surface area contributed by atoms with E-state index in [0.717, 1.165) is 40.5 Å². The molecular weight excluding hydrogens is 793 g/mol. The molecule has 0 amide bonds. The second-order valence-electron chi connectivity index (χ2n) is 10.0. The number of rotatable bonds is 12. The molecule has 50 heavy (non-hydrogen) atoms. The van der Waals surface area contributed by atoms with E-state index in [-0.39, 0.29) is 13.2 Å². The van der Waals surface area contributed by atoms with Gasteiger partial charge in [0, 0.05) is 10.4 Å². The number of benzene rings is 3. The number of esters is 4. The molecule has 3 aromatic carbocycles. The average molecular weight is 825 g/mol. The standard InChI is InChI=1S/C34H32O8S8/c1-7-39-23(35)15-25(37)41-17-9-11-19-21(13-17)27(29-47-31(43-3)32(44-4)48-29)20-12-10-18(42-26(38)16-24(36)40-8-2)14-22(20)28(19)30-49-33(45-5)34(46-6)50-30/h9-14H,7-8,15-16H2,1-6H3. The van der Waals surface area contributed by atoms with Crippen LogP contribution >= 0.6 is 94.1 Å². The van der Waals surface area contributed by atoms with Gasteiger partial charge >= 0.3 is 23.9 Å². The van der Waals surface area contributed by atoms with E-state index < -0.39 is 36.7 Å². The van der Waals surface area contributed by atoms with E-state index in [2.05, 4.69) is 25.0 Å². The number of thioether (sulfide) groups is 8. The van der Waals surface area contributed by atoms with Crippen LogP contribution in [0.25, 0.3) is 30.0 Å². The van der Waals surface area contributed by atoms with Gasteiger partial charge in [-0.05, 0) is 96.8 Å². The highest BCUT2D eigenvalue weighted by Crippen LogP contribution is 2.58. The molecule has 0 saturated heterocycles. The van der Waals surface area contributed by atoms with Crippen LogP contribution < -0.4 is 19.9 Å². The second-order valence-corrected chi connectivity index (χ2v) is 18.9. The summed E-state index contributed by atoms with van der Waals surface area (Å²) in [5.74, 6) is -2.08. The van der Waals surface area contributed by atoms with Crippen molar-refractivity contribution in [2.24, 2.45) is 0 Å². The Morgan fingerprint density at radius 3 is 1.16 bits per heavy atom. The summed E-state index contributed by atoms with van der Waals surface area (Å²) in [4.78, 5) is 49.5. The summed E-state index contributed by atoms with van der Waals surface area (Å²) in [5, 5.41) is 5.49. The van der Waals surface area contributed by atoms with E-state index in [1.165, 1.54) is 16.9 Å². The van der Waals surface area contributed by atoms with Crippen LogP contribution in [0.5, 0.6) is 11.5 Å². The maximum absolute atomic E-state index is 12.8. The topological polar surface area (TPSA) is 105 Å². The minimum absolute atomic E-state index is 0.172. The quantitative estimate of drug-likeness (QED) is 0.0754. The van der Waals surface area contributed by atoms with Crippen molar-refractivity contribution in [1.82, 2.24) is 0 Å². The van der Waals surface area contributed by atoms with Crippen molar-refractivity contribution < 1.29 is 38.1 Å². The van der Waals surface area contributed by atoms with E-state index in [1.807, 2.05) is 24.3 Å². The van der Waals surface area contributed by atoms with Crippen molar-refractivity contribution >= 4 is 148 Å². The van der Waals surface area contributed by atoms with Gasteiger partial charge in [0.1, 0.15) is 24.3 Å². The summed E-state index contributed by atoms with van der Waals surface area (Å²) in [7, 11) is 0. The smallest absolute Gasteiger partial charge is 0.322 e. The normalized spacial score (nSPS) is 14.6. The lowest BCUT2D eigenvalue weighted by Crippen LogP contribution is -2.19. The summed E-state index contributed by atoms with van der Waals surface area (Å²) in [5.41, 5.74) is 0. The fraction of sp³-hybridized carbons (Fsp3) is 0.294. The van der Waals surface area contributed by atoms with Gasteiger partial charge in [-0.2, -0.15) is 0 Å². The molecule has 2 heterocycles. The van der Waals surface area contributed by atoms with Crippen LogP contribution in [-0.2, 0) is 28.7 Å². The Balaban J connectivity index is 1.79. The molecule has 0 bridgehead atoms. The highest BCUT2D eigenvalue weighted by Gasteiger charge is 2.26. The van der Waals surface area contributed by atoms with Crippen LogP contribution in [0.15, 0.2) is 53.3 Å². The average Bonchev–Trinajstić information content (AvgIpc) is 3.70. The first-order chi connectivity index (χ1) is 24.1. The predicted molar refractivity (Wildman–Crippen MR) is 220 cm³/mol. The lowest BCUT2D eigenvalue weighted by molar-refractivity contribution is -0.151. The van der Waals surface area contributed by atoms with Gasteiger partial charge in [-0.1, -0.05) is 47.0 Å². The molecule has 264 valence electrons. The molecule has 0 N–H and O–H groups in total. The summed E-state index contributed by atoms with van der Waals surface area (Å²) >= 11 is 13.6. The summed E-state index contributed by atoms with van der Waals surface area (Å²) in [6.45, 7) is 3.71. The van der Waals surface area contributed by atoms with Crippen molar-refractivity contribution in [2.75, 3.05) is 38.2 Å². The van der Waals surface area contributed by atoms with Crippen LogP contribution in [0.2, 0.25) is 0 Å². The first-order valence-corrected chi connectivity index (χ1v) is 23.2. The molecular formula is C34H32O8S8. The minimum Gasteiger partial charge on any atom is -0.466 e. The molecule has 0 fully saturated rings. The Bertz CT molecular complexity index is 1890. The zero-order chi connectivity index (χ0) is 35.9. The zero-order valence-electron chi connectivity index (χ0n) is 27.8. The molecule has 0 saturated carbocycles. The molecule has 2 aliphatic heterocycles. The summed E-state index contributed by atoms with van der Waals surface area (Å²) in [6.07, 6.45) is 7.25. The highest BCUT2D eigenvalue weighted by atomic mass is 32.3. The zero-order valence-corrected chi connectivity index (χ0v) is 34.4. The lowest BCUT2D eigenvalue weighted by Gasteiger charge is -2.14. The van der Waals surface area contributed by atoms with Gasteiger partial charge in [0.15, 0.2) is 0 Å². The van der Waals surface area contributed by atoms with Crippen molar-refractivity contribution in [3.63, 3.8) is 0 Å². The van der Waals surface area contributed by atoms with Gasteiger partial charge in [0.25, 0.3) is 0 Å². The molecule has 2 aliphatic rings. The third-order valence-electron chi connectivity index (χ3n) is 6.94. The molecule has 0 unspecified atom stereocenters. The van der Waals surface area contributed by atoms with Crippen LogP contribution in [0, 0.1) is 0 Å². The molecule has 5 rings (SSSR count). The van der Waals surface area contributed by atoms with Crippen molar-refractivity contribution in [3.8, 4) is 11.5 Å². The fourth-order valence-corrected chi connectivity index (χ4v) is 15.3. The molecule has 16 heteroatoms. The van der Waals surface area contributed by atoms with Crippen LogP contribution in [-0.4, -0.2) is 62.1 Å². The first kappa shape index (κ1) is 39.3. The Kier molecular flexibility index (Phi) is 14.3. The van der Waals surface area contributed by atoms with E-state index in [0.29, 0.717) is 11.5 Å². The molecule has 8 nitrogen and oxygen atoms in total. The highest BCUT2D eigenvalue weighted by molar-refractivity contribution is 8.46. The molecule has 0 aromatic heterocycles. The Hall–Kier alpha value is -1.92. The molecule has 0 aliphatic carbocycles. The van der Waals surface area contributed by atoms with Gasteiger partial charge in [-0.3, -0.25) is 19.2 Å². The second kappa shape index (κ2) is 18.2. The van der Waals surface area contributed by atoms with Crippen LogP contribution in [0.3, 0.4) is 0 Å². The summed E-state index contributed by atoms with van der Waals surface area (Å²) in [6, 6.07) is 11.1. The maximum Gasteiger partial charge on any atom is 0.322 e. The minimum atomic E-state index is -0.706. The van der Waals surface area contributed by atoms with E-state index in [1.54, 1.807) is 120 Å². The third-order valence-corrected chi connectivity index (χ3v) is 17.4. The Morgan fingerprint density at radius 1 is 0.520 bits per heavy atom. The summed E-state index contributed by atoms with van der Waals surface area (Å²) < 4.78 is 28.2. The number of hydrogen-bond donors (Lipinski definition) is 0. The molecule has 0 spiro atoms. The van der Waals surface area contributed by atoms with E-state index in [9.17, 15) is 19.2 Å². The number of carbonyl (C=O) groups is 4. The monoisotopic (exact) mass is 824 g/mol. The predicted octanol–water partition coefficient (Wildman–Crippen LogP) is 8.51. The van der Waals surface area contributed by atoms with E-state index >= 15 is 0 Å². The SMILES string of the molecule is CCOC(=O)CC(=O)Oc1ccc2c(=C3SC(SC)=C(SC)S3)c3cc(OC(=O)CC(=O)OCC)ccc3c(=C3SC(SC)=C(SC)S3)c2c1. The van der Waals surface area contributed by atoms with Gasteiger partial charge in [-0.25, -0.2) is 0 Å². The fourth-order valence-electron chi connectivity index (χ4n) is 5.00. The number of ether oxygens (including phenoxy) is 4. The van der Waals surface area contributed by atoms with Gasteiger partial charge < -0.3 is 18.9 Å². The van der Waals surface area contributed by atoms with Crippen molar-refractivity contribution in [2.45, 2.75) is 26.7 Å². The first-order valence-electron chi connectivity index (χ1n) is 15.0. The van der Waals surface area contributed by atoms with Crippen LogP contribution in [0.1, 0.15) is 26.7 Å². The number of hydrogen-bond acceptors (Lipinski definition) is 16. The van der Waals surface area contributed by atoms with Crippen molar-refractivity contribution in [3.05, 3.63) is 63.8 Å². The van der Waals surface area contributed by atoms with Crippen LogP contribution in [0.4, 0.5) is 0 Å². The lowest BCUT2D eigenvalue weighted by atomic mass is 9.98. The number of fused-ring (bicyclic) bond motifs is 2. The molecule has 0 radical (unpaired) electrons. The van der Waals surface area contributed by atoms with Gasteiger partial charge in [0.05, 0.1) is 38.6 Å². The van der Waals surface area contributed by atoms with E-state index in [4.69, 9.17) is 18.9 Å². The largest absolute Gasteiger partial charge is 0.466 e. The Labute approximate surface area is 323 Å². The van der Waals surface area contributed by atoms with Gasteiger partial charge in [-0.15, -0.1) is 47.0 Å². The third kappa shape index (κ3) is 8.99. The van der Waals surface area contributed by atoms with Gasteiger partial charge in [0.2, 0.25) is 0 Å². The number of carbonyl (C=O) groups excluding carboxylic acids is 4.